The van der Waals surface area contributed by atoms with Crippen LogP contribution in [0.5, 0.6) is 0 Å². The molecule has 1 heterocycles. The van der Waals surface area contributed by atoms with Crippen LogP contribution in [0.15, 0.2) is 0 Å². The molecular weight excluding hydrogens is 250 g/mol. The summed E-state index contributed by atoms with van der Waals surface area (Å²) in [6.45, 7) is 6.17. The zero-order valence-corrected chi connectivity index (χ0v) is 11.6. The summed E-state index contributed by atoms with van der Waals surface area (Å²) in [6, 6.07) is -0.546. The van der Waals surface area contributed by atoms with E-state index >= 15 is 0 Å². The summed E-state index contributed by atoms with van der Waals surface area (Å²) >= 11 is 0. The second-order valence-electron chi connectivity index (χ2n) is 4.67. The van der Waals surface area contributed by atoms with Crippen molar-refractivity contribution in [2.45, 2.75) is 39.3 Å². The van der Waals surface area contributed by atoms with Crippen LogP contribution in [0.3, 0.4) is 0 Å². The lowest BCUT2D eigenvalue weighted by molar-refractivity contribution is -0.141. The van der Waals surface area contributed by atoms with Crippen LogP contribution < -0.4 is 10.6 Å². The van der Waals surface area contributed by atoms with Gasteiger partial charge in [0.15, 0.2) is 0 Å². The number of rotatable bonds is 5. The van der Waals surface area contributed by atoms with Gasteiger partial charge >= 0.3 is 12.0 Å². The highest BCUT2D eigenvalue weighted by atomic mass is 16.5. The number of nitrogens with zero attached hydrogens (tertiary/aromatic N) is 1. The average molecular weight is 271 g/mol. The van der Waals surface area contributed by atoms with Gasteiger partial charge in [0.25, 0.3) is 0 Å². The van der Waals surface area contributed by atoms with Crippen LogP contribution in [0.4, 0.5) is 4.79 Å². The van der Waals surface area contributed by atoms with E-state index in [0.717, 1.165) is 0 Å². The smallest absolute Gasteiger partial charge is 0.325 e. The summed E-state index contributed by atoms with van der Waals surface area (Å²) in [7, 11) is 0. The highest BCUT2D eigenvalue weighted by Crippen LogP contribution is 2.13. The molecule has 1 atom stereocenters. The minimum atomic E-state index is -0.482. The number of hydrogen-bond donors (Lipinski definition) is 2. The van der Waals surface area contributed by atoms with E-state index in [0.29, 0.717) is 13.0 Å². The van der Waals surface area contributed by atoms with Crippen molar-refractivity contribution in [3.63, 3.8) is 0 Å². The van der Waals surface area contributed by atoms with Crippen LogP contribution in [0.25, 0.3) is 0 Å². The molecule has 0 saturated carbocycles. The summed E-state index contributed by atoms with van der Waals surface area (Å²) in [5, 5.41) is 5.07. The van der Waals surface area contributed by atoms with E-state index in [2.05, 4.69) is 15.4 Å². The molecule has 0 aromatic rings. The molecule has 7 nitrogen and oxygen atoms in total. The molecule has 1 aliphatic rings. The van der Waals surface area contributed by atoms with E-state index in [4.69, 9.17) is 0 Å². The second-order valence-corrected chi connectivity index (χ2v) is 4.67. The Morgan fingerprint density at radius 2 is 2.16 bits per heavy atom. The molecule has 2 N–H and O–H groups in total. The topological polar surface area (TPSA) is 87.7 Å². The summed E-state index contributed by atoms with van der Waals surface area (Å²) in [5.41, 5.74) is 0. The van der Waals surface area contributed by atoms with Gasteiger partial charge in [-0.3, -0.25) is 9.59 Å². The summed E-state index contributed by atoms with van der Waals surface area (Å²) in [5.74, 6) is -0.449. The van der Waals surface area contributed by atoms with E-state index < -0.39 is 12.0 Å². The summed E-state index contributed by atoms with van der Waals surface area (Å²) < 4.78 is 4.68. The van der Waals surface area contributed by atoms with E-state index in [-0.39, 0.29) is 31.1 Å². The van der Waals surface area contributed by atoms with Gasteiger partial charge in [-0.15, -0.1) is 0 Å². The average Bonchev–Trinajstić information content (AvgIpc) is 2.68. The molecule has 108 valence electrons. The largest absolute Gasteiger partial charge is 0.465 e. The normalized spacial score (nSPS) is 18.6. The molecule has 19 heavy (non-hydrogen) atoms. The SMILES string of the molecule is CCOC(=O)CNC(=O)NC1CC(=O)N(C(C)C)C1. The maximum atomic E-state index is 11.6. The van der Waals surface area contributed by atoms with Gasteiger partial charge in [0.05, 0.1) is 12.6 Å². The first-order chi connectivity index (χ1) is 8.93. The molecule has 3 amide bonds. The van der Waals surface area contributed by atoms with Crippen molar-refractivity contribution in [3.05, 3.63) is 0 Å². The number of likely N-dealkylation sites (tertiary alicyclic amines) is 1. The van der Waals surface area contributed by atoms with Crippen molar-refractivity contribution in [3.8, 4) is 0 Å². The Bertz CT molecular complexity index is 357. The molecule has 0 spiro atoms. The van der Waals surface area contributed by atoms with Crippen LogP contribution in [-0.4, -0.2) is 54.6 Å². The van der Waals surface area contributed by atoms with E-state index in [1.54, 1.807) is 11.8 Å². The molecule has 0 bridgehead atoms. The third-order valence-corrected chi connectivity index (χ3v) is 2.82. The quantitative estimate of drug-likeness (QED) is 0.681. The third kappa shape index (κ3) is 4.76. The van der Waals surface area contributed by atoms with Crippen molar-refractivity contribution in [1.29, 1.82) is 0 Å². The number of ether oxygens (including phenoxy) is 1. The van der Waals surface area contributed by atoms with Crippen molar-refractivity contribution in [1.82, 2.24) is 15.5 Å². The predicted molar refractivity (Wildman–Crippen MR) is 68.4 cm³/mol. The zero-order chi connectivity index (χ0) is 14.4. The van der Waals surface area contributed by atoms with E-state index in [1.807, 2.05) is 13.8 Å². The molecule has 1 rings (SSSR count). The van der Waals surface area contributed by atoms with Crippen LogP contribution in [0, 0.1) is 0 Å². The summed E-state index contributed by atoms with van der Waals surface area (Å²) in [4.78, 5) is 35.9. The van der Waals surface area contributed by atoms with Crippen molar-refractivity contribution < 1.29 is 19.1 Å². The third-order valence-electron chi connectivity index (χ3n) is 2.82. The number of amides is 3. The van der Waals surface area contributed by atoms with Gasteiger partial charge in [0, 0.05) is 19.0 Å². The molecule has 0 aliphatic carbocycles. The monoisotopic (exact) mass is 271 g/mol. The first kappa shape index (κ1) is 15.3. The highest BCUT2D eigenvalue weighted by molar-refractivity contribution is 5.83. The molecule has 0 aromatic carbocycles. The van der Waals surface area contributed by atoms with Gasteiger partial charge in [0.2, 0.25) is 5.91 Å². The van der Waals surface area contributed by atoms with Crippen LogP contribution in [0.1, 0.15) is 27.2 Å². The molecule has 0 aromatic heterocycles. The molecule has 7 heteroatoms. The highest BCUT2D eigenvalue weighted by Gasteiger charge is 2.31. The molecular formula is C12H21N3O4. The van der Waals surface area contributed by atoms with Gasteiger partial charge in [-0.05, 0) is 20.8 Å². The van der Waals surface area contributed by atoms with Crippen LogP contribution >= 0.6 is 0 Å². The minimum absolute atomic E-state index is 0.0330. The molecule has 1 unspecified atom stereocenters. The Hall–Kier alpha value is -1.79. The fraction of sp³-hybridized carbons (Fsp3) is 0.750. The number of carbonyl (C=O) groups is 3. The Kier molecular flexibility index (Phi) is 5.59. The van der Waals surface area contributed by atoms with Gasteiger partial charge in [-0.2, -0.15) is 0 Å². The summed E-state index contributed by atoms with van der Waals surface area (Å²) in [6.07, 6.45) is 0.297. The van der Waals surface area contributed by atoms with Gasteiger partial charge in [0.1, 0.15) is 6.54 Å². The van der Waals surface area contributed by atoms with E-state index in [9.17, 15) is 14.4 Å². The molecule has 0 radical (unpaired) electrons. The van der Waals surface area contributed by atoms with Crippen molar-refractivity contribution in [2.24, 2.45) is 0 Å². The van der Waals surface area contributed by atoms with Crippen molar-refractivity contribution in [2.75, 3.05) is 19.7 Å². The number of hydrogen-bond acceptors (Lipinski definition) is 4. The van der Waals surface area contributed by atoms with Crippen LogP contribution in [0.2, 0.25) is 0 Å². The van der Waals surface area contributed by atoms with Gasteiger partial charge in [-0.1, -0.05) is 0 Å². The number of urea groups is 1. The fourth-order valence-electron chi connectivity index (χ4n) is 1.93. The lowest BCUT2D eigenvalue weighted by Crippen LogP contribution is -2.45. The van der Waals surface area contributed by atoms with Crippen molar-refractivity contribution >= 4 is 17.9 Å². The minimum Gasteiger partial charge on any atom is -0.465 e. The van der Waals surface area contributed by atoms with Crippen LogP contribution in [-0.2, 0) is 14.3 Å². The Morgan fingerprint density at radius 1 is 1.47 bits per heavy atom. The lowest BCUT2D eigenvalue weighted by Gasteiger charge is -2.21. The predicted octanol–water partition coefficient (Wildman–Crippen LogP) is -0.142. The Labute approximate surface area is 112 Å². The zero-order valence-electron chi connectivity index (χ0n) is 11.6. The Morgan fingerprint density at radius 3 is 2.68 bits per heavy atom. The first-order valence-corrected chi connectivity index (χ1v) is 6.43. The van der Waals surface area contributed by atoms with Gasteiger partial charge < -0.3 is 20.3 Å². The number of carbonyl (C=O) groups excluding carboxylic acids is 3. The molecule has 1 aliphatic heterocycles. The number of esters is 1. The maximum Gasteiger partial charge on any atom is 0.325 e. The molecule has 1 fully saturated rings. The lowest BCUT2D eigenvalue weighted by atomic mass is 10.2. The Balaban J connectivity index is 2.30. The molecule has 1 saturated heterocycles. The maximum absolute atomic E-state index is 11.6. The van der Waals surface area contributed by atoms with Gasteiger partial charge in [-0.25, -0.2) is 4.79 Å². The first-order valence-electron chi connectivity index (χ1n) is 6.43. The van der Waals surface area contributed by atoms with E-state index in [1.165, 1.54) is 0 Å². The standard InChI is InChI=1S/C12H21N3O4/c1-4-19-11(17)6-13-12(18)14-9-5-10(16)15(7-9)8(2)3/h8-9H,4-7H2,1-3H3,(H2,13,14,18). The second kappa shape index (κ2) is 6.96. The number of nitrogens with one attached hydrogen (secondary N) is 2. The fourth-order valence-corrected chi connectivity index (χ4v) is 1.93.